The normalized spacial score (nSPS) is 19.0. The van der Waals surface area contributed by atoms with Gasteiger partial charge in [-0.3, -0.25) is 9.48 Å². The fourth-order valence-electron chi connectivity index (χ4n) is 6.18. The number of carbonyl (C=O) groups is 1. The summed E-state index contributed by atoms with van der Waals surface area (Å²) in [5.41, 5.74) is -7.72. The molecule has 1 aromatic heterocycles. The molecular weight excluding hydrogens is 705 g/mol. The van der Waals surface area contributed by atoms with Crippen molar-refractivity contribution in [3.05, 3.63) is 119 Å². The highest BCUT2D eigenvalue weighted by Gasteiger charge is 2.73. The number of halogens is 9. The highest BCUT2D eigenvalue weighted by atomic mass is 32.2. The molecule has 17 heteroatoms. The zero-order valence-corrected chi connectivity index (χ0v) is 26.8. The number of amides is 1. The van der Waals surface area contributed by atoms with Gasteiger partial charge in [0.1, 0.15) is 22.2 Å². The molecule has 268 valence electrons. The minimum Gasteiger partial charge on any atom is -0.349 e. The van der Waals surface area contributed by atoms with E-state index in [2.05, 4.69) is 15.2 Å². The molecule has 0 radical (unpaired) electrons. The summed E-state index contributed by atoms with van der Waals surface area (Å²) >= 11 is 0. The minimum atomic E-state index is -6.21. The Labute approximate surface area is 280 Å². The van der Waals surface area contributed by atoms with Crippen molar-refractivity contribution in [3.8, 4) is 0 Å². The predicted molar refractivity (Wildman–Crippen MR) is 160 cm³/mol. The molecule has 4 aromatic rings. The Hall–Kier alpha value is -4.38. The molecule has 1 fully saturated rings. The Morgan fingerprint density at radius 2 is 1.46 bits per heavy atom. The van der Waals surface area contributed by atoms with Crippen molar-refractivity contribution in [1.29, 1.82) is 0 Å². The molecule has 0 atom stereocenters. The standard InChI is InChI=1S/C33H28F9N3O4S/c1-45-18-20(17-43-45)29(46)44-24-13-15-30(16-14-24,50(47,48)25-11-9-23(34)10-12-25)21-5-7-22(8-6-21)31(32(37,38)39,33(40,41)42)49-19-26-27(35)3-2-4-28(26)36/h2-12,17-18,24H,13-16,19H2,1H3,(H,44,46). The van der Waals surface area contributed by atoms with Crippen molar-refractivity contribution >= 4 is 15.7 Å². The van der Waals surface area contributed by atoms with Crippen molar-refractivity contribution in [2.75, 3.05) is 0 Å². The predicted octanol–water partition coefficient (Wildman–Crippen LogP) is 7.42. The van der Waals surface area contributed by atoms with Crippen LogP contribution in [0.4, 0.5) is 39.5 Å². The number of alkyl halides is 6. The maximum absolute atomic E-state index is 14.5. The second-order valence-electron chi connectivity index (χ2n) is 11.8. The van der Waals surface area contributed by atoms with E-state index in [9.17, 15) is 52.7 Å². The number of carbonyl (C=O) groups excluding carboxylic acids is 1. The van der Waals surface area contributed by atoms with Gasteiger partial charge in [-0.25, -0.2) is 21.6 Å². The first kappa shape index (κ1) is 36.9. The lowest BCUT2D eigenvalue weighted by molar-refractivity contribution is -0.392. The number of sulfone groups is 1. The lowest BCUT2D eigenvalue weighted by atomic mass is 9.79. The van der Waals surface area contributed by atoms with Gasteiger partial charge < -0.3 is 10.1 Å². The fourth-order valence-corrected chi connectivity index (χ4v) is 8.35. The monoisotopic (exact) mass is 733 g/mol. The number of benzene rings is 3. The molecule has 1 heterocycles. The van der Waals surface area contributed by atoms with Crippen LogP contribution in [0.1, 0.15) is 52.7 Å². The van der Waals surface area contributed by atoms with Crippen LogP contribution in [-0.4, -0.2) is 42.5 Å². The summed E-state index contributed by atoms with van der Waals surface area (Å²) in [5, 5.41) is 6.70. The highest BCUT2D eigenvalue weighted by molar-refractivity contribution is 7.92. The molecule has 0 bridgehead atoms. The fraction of sp³-hybridized carbons (Fsp3) is 0.333. The molecule has 1 saturated carbocycles. The van der Waals surface area contributed by atoms with Gasteiger partial charge in [0.15, 0.2) is 9.84 Å². The van der Waals surface area contributed by atoms with Gasteiger partial charge in [0.25, 0.3) is 11.5 Å². The van der Waals surface area contributed by atoms with Crippen LogP contribution < -0.4 is 5.32 Å². The second kappa shape index (κ2) is 13.4. The summed E-state index contributed by atoms with van der Waals surface area (Å²) in [5.74, 6) is -4.11. The molecule has 0 aliphatic heterocycles. The summed E-state index contributed by atoms with van der Waals surface area (Å²) in [4.78, 5) is 12.4. The third-order valence-corrected chi connectivity index (χ3v) is 11.4. The maximum atomic E-state index is 14.5. The number of nitrogens with one attached hydrogen (secondary N) is 1. The molecular formula is C33H28F9N3O4S. The summed E-state index contributed by atoms with van der Waals surface area (Å²) in [7, 11) is -2.91. The maximum Gasteiger partial charge on any atom is 0.430 e. The Balaban J connectivity index is 1.55. The van der Waals surface area contributed by atoms with Crippen LogP contribution >= 0.6 is 0 Å². The summed E-state index contributed by atoms with van der Waals surface area (Å²) in [6, 6.07) is 7.75. The van der Waals surface area contributed by atoms with E-state index in [1.165, 1.54) is 17.1 Å². The van der Waals surface area contributed by atoms with E-state index in [4.69, 9.17) is 0 Å². The second-order valence-corrected chi connectivity index (χ2v) is 14.1. The van der Waals surface area contributed by atoms with Gasteiger partial charge in [0.05, 0.1) is 23.3 Å². The molecule has 3 aromatic carbocycles. The molecule has 7 nitrogen and oxygen atoms in total. The summed E-state index contributed by atoms with van der Waals surface area (Å²) in [6.07, 6.45) is -10.1. The van der Waals surface area contributed by atoms with Crippen LogP contribution in [0.3, 0.4) is 0 Å². The topological polar surface area (TPSA) is 90.3 Å². The third kappa shape index (κ3) is 6.59. The first-order valence-electron chi connectivity index (χ1n) is 14.9. The van der Waals surface area contributed by atoms with Crippen molar-refractivity contribution in [1.82, 2.24) is 15.1 Å². The van der Waals surface area contributed by atoms with Gasteiger partial charge in [-0.05, 0) is 67.6 Å². The van der Waals surface area contributed by atoms with Crippen molar-refractivity contribution in [2.45, 2.75) is 65.9 Å². The number of ether oxygens (including phenoxy) is 1. The SMILES string of the molecule is Cn1cc(C(=O)NC2CCC(c3ccc(C(OCc4c(F)cccc4F)(C(F)(F)F)C(F)(F)F)cc3)(S(=O)(=O)c3ccc(F)cc3)CC2)cn1. The number of hydrogen-bond acceptors (Lipinski definition) is 5. The lowest BCUT2D eigenvalue weighted by Gasteiger charge is -2.41. The van der Waals surface area contributed by atoms with Crippen LogP contribution in [0.2, 0.25) is 0 Å². The van der Waals surface area contributed by atoms with E-state index in [1.54, 1.807) is 7.05 Å². The van der Waals surface area contributed by atoms with Crippen LogP contribution in [-0.2, 0) is 38.6 Å². The molecule has 1 aliphatic rings. The van der Waals surface area contributed by atoms with E-state index in [1.807, 2.05) is 0 Å². The van der Waals surface area contributed by atoms with Gasteiger partial charge in [-0.1, -0.05) is 30.3 Å². The van der Waals surface area contributed by atoms with Crippen LogP contribution in [0, 0.1) is 17.5 Å². The summed E-state index contributed by atoms with van der Waals surface area (Å²) in [6.45, 7) is -1.76. The lowest BCUT2D eigenvalue weighted by Crippen LogP contribution is -2.56. The van der Waals surface area contributed by atoms with Crippen LogP contribution in [0.15, 0.2) is 84.0 Å². The summed E-state index contributed by atoms with van der Waals surface area (Å²) < 4.78 is 161. The first-order valence-corrected chi connectivity index (χ1v) is 16.4. The Morgan fingerprint density at radius 1 is 0.900 bits per heavy atom. The van der Waals surface area contributed by atoms with Gasteiger partial charge in [0.2, 0.25) is 0 Å². The average Bonchev–Trinajstić information content (AvgIpc) is 3.48. The van der Waals surface area contributed by atoms with Crippen molar-refractivity contribution in [2.24, 2.45) is 7.05 Å². The molecule has 1 N–H and O–H groups in total. The first-order chi connectivity index (χ1) is 23.3. The highest BCUT2D eigenvalue weighted by Crippen LogP contribution is 2.54. The number of hydrogen-bond donors (Lipinski definition) is 1. The zero-order valence-electron chi connectivity index (χ0n) is 26.0. The molecule has 50 heavy (non-hydrogen) atoms. The zero-order chi connectivity index (χ0) is 36.7. The Morgan fingerprint density at radius 3 is 1.96 bits per heavy atom. The number of aromatic nitrogens is 2. The van der Waals surface area contributed by atoms with Gasteiger partial charge >= 0.3 is 12.4 Å². The number of aryl methyl sites for hydroxylation is 1. The number of rotatable bonds is 9. The Bertz CT molecular complexity index is 1920. The molecule has 0 unspecified atom stereocenters. The largest absolute Gasteiger partial charge is 0.430 e. The number of nitrogens with zero attached hydrogens (tertiary/aromatic N) is 2. The molecule has 1 amide bonds. The third-order valence-electron chi connectivity index (χ3n) is 8.84. The quantitative estimate of drug-likeness (QED) is 0.143. The smallest absolute Gasteiger partial charge is 0.349 e. The average molecular weight is 734 g/mol. The van der Waals surface area contributed by atoms with Crippen molar-refractivity contribution < 1.29 is 57.5 Å². The molecule has 5 rings (SSSR count). The van der Waals surface area contributed by atoms with E-state index in [0.29, 0.717) is 24.3 Å². The van der Waals surface area contributed by atoms with Gasteiger partial charge in [-0.15, -0.1) is 0 Å². The molecule has 0 saturated heterocycles. The molecule has 1 aliphatic carbocycles. The Kier molecular flexibility index (Phi) is 9.88. The van der Waals surface area contributed by atoms with Gasteiger partial charge in [0, 0.05) is 30.4 Å². The van der Waals surface area contributed by atoms with E-state index < -0.39 is 79.7 Å². The van der Waals surface area contributed by atoms with Crippen molar-refractivity contribution in [3.63, 3.8) is 0 Å². The van der Waals surface area contributed by atoms with E-state index in [0.717, 1.165) is 42.5 Å². The van der Waals surface area contributed by atoms with Crippen LogP contribution in [0.5, 0.6) is 0 Å². The molecule has 0 spiro atoms. The van der Waals surface area contributed by atoms with E-state index in [-0.39, 0.29) is 41.7 Å². The van der Waals surface area contributed by atoms with Gasteiger partial charge in [-0.2, -0.15) is 31.4 Å². The van der Waals surface area contributed by atoms with E-state index >= 15 is 0 Å². The minimum absolute atomic E-state index is 0.0283. The van der Waals surface area contributed by atoms with Crippen LogP contribution in [0.25, 0.3) is 0 Å².